The molecule has 0 aliphatic carbocycles. The lowest BCUT2D eigenvalue weighted by atomic mass is 10.0. The van der Waals surface area contributed by atoms with E-state index in [0.29, 0.717) is 37.6 Å². The van der Waals surface area contributed by atoms with Gasteiger partial charge in [0.25, 0.3) is 5.91 Å². The van der Waals surface area contributed by atoms with Crippen molar-refractivity contribution in [2.24, 2.45) is 0 Å². The van der Waals surface area contributed by atoms with E-state index in [1.165, 1.54) is 0 Å². The number of benzene rings is 1. The van der Waals surface area contributed by atoms with E-state index in [-0.39, 0.29) is 18.4 Å². The first-order valence-electron chi connectivity index (χ1n) is 8.91. The summed E-state index contributed by atoms with van der Waals surface area (Å²) in [4.78, 5) is 27.9. The van der Waals surface area contributed by atoms with Gasteiger partial charge in [-0.15, -0.1) is 0 Å². The molecule has 2 aliphatic rings. The number of amides is 2. The second-order valence-corrected chi connectivity index (χ2v) is 7.09. The summed E-state index contributed by atoms with van der Waals surface area (Å²) < 4.78 is 16.8. The van der Waals surface area contributed by atoms with Crippen LogP contribution in [0.2, 0.25) is 0 Å². The van der Waals surface area contributed by atoms with Crippen molar-refractivity contribution in [3.05, 3.63) is 42.2 Å². The molecule has 2 aromatic rings. The van der Waals surface area contributed by atoms with Crippen molar-refractivity contribution in [1.82, 2.24) is 9.80 Å². The van der Waals surface area contributed by atoms with Gasteiger partial charge >= 0.3 is 0 Å². The third-order valence-electron chi connectivity index (χ3n) is 5.23. The molecule has 1 spiro atoms. The predicted octanol–water partition coefficient (Wildman–Crippen LogP) is 2.03. The van der Waals surface area contributed by atoms with Crippen molar-refractivity contribution >= 4 is 11.8 Å². The minimum absolute atomic E-state index is 0.0284. The fourth-order valence-corrected chi connectivity index (χ4v) is 3.70. The largest absolute Gasteiger partial charge is 0.497 e. The smallest absolute Gasteiger partial charge is 0.289 e. The molecule has 2 saturated heterocycles. The third-order valence-corrected chi connectivity index (χ3v) is 5.23. The molecule has 1 aromatic carbocycles. The SMILES string of the molecule is COc1cccc(-c2ccc(C(=O)N3CC[C@@]4(CN(C)C(=O)CO4)C3)o2)c1. The Morgan fingerprint density at radius 3 is 2.85 bits per heavy atom. The number of likely N-dealkylation sites (tertiary alicyclic amines) is 1. The average Bonchev–Trinajstić information content (AvgIpc) is 3.33. The minimum Gasteiger partial charge on any atom is -0.497 e. The van der Waals surface area contributed by atoms with Crippen LogP contribution in [0, 0.1) is 0 Å². The summed E-state index contributed by atoms with van der Waals surface area (Å²) in [6.07, 6.45) is 0.708. The predicted molar refractivity (Wildman–Crippen MR) is 97.5 cm³/mol. The van der Waals surface area contributed by atoms with E-state index in [2.05, 4.69) is 0 Å². The van der Waals surface area contributed by atoms with Gasteiger partial charge in [0.15, 0.2) is 5.76 Å². The zero-order valence-corrected chi connectivity index (χ0v) is 15.4. The molecule has 2 amide bonds. The number of methoxy groups -OCH3 is 1. The Labute approximate surface area is 157 Å². The van der Waals surface area contributed by atoms with E-state index in [0.717, 1.165) is 11.3 Å². The molecule has 7 nitrogen and oxygen atoms in total. The number of rotatable bonds is 3. The van der Waals surface area contributed by atoms with Crippen LogP contribution in [0.1, 0.15) is 17.0 Å². The van der Waals surface area contributed by atoms with Crippen LogP contribution in [-0.2, 0) is 9.53 Å². The average molecular weight is 370 g/mol. The zero-order valence-electron chi connectivity index (χ0n) is 15.4. The van der Waals surface area contributed by atoms with Gasteiger partial charge in [-0.05, 0) is 30.7 Å². The van der Waals surface area contributed by atoms with Crippen molar-refractivity contribution in [1.29, 1.82) is 0 Å². The zero-order chi connectivity index (χ0) is 19.0. The van der Waals surface area contributed by atoms with Gasteiger partial charge in [-0.25, -0.2) is 0 Å². The summed E-state index contributed by atoms with van der Waals surface area (Å²) in [5.74, 6) is 1.45. The number of likely N-dealkylation sites (N-methyl/N-ethyl adjacent to an activating group) is 1. The standard InChI is InChI=1S/C20H22N2O5/c1-21-12-20(26-11-18(21)23)8-9-22(13-20)19(24)17-7-6-16(27-17)14-4-3-5-15(10-14)25-2/h3-7,10H,8-9,11-13H2,1-2H3/t20-/m1/s1. The summed E-state index contributed by atoms with van der Waals surface area (Å²) in [7, 11) is 3.38. The Morgan fingerprint density at radius 1 is 1.22 bits per heavy atom. The molecule has 7 heteroatoms. The topological polar surface area (TPSA) is 72.2 Å². The first-order valence-corrected chi connectivity index (χ1v) is 8.91. The van der Waals surface area contributed by atoms with Gasteiger partial charge in [0.05, 0.1) is 20.2 Å². The van der Waals surface area contributed by atoms with E-state index < -0.39 is 5.60 Å². The normalized spacial score (nSPS) is 22.5. The highest BCUT2D eigenvalue weighted by Gasteiger charge is 2.45. The quantitative estimate of drug-likeness (QED) is 0.827. The van der Waals surface area contributed by atoms with E-state index >= 15 is 0 Å². The van der Waals surface area contributed by atoms with E-state index in [4.69, 9.17) is 13.9 Å². The van der Waals surface area contributed by atoms with Crippen molar-refractivity contribution in [3.63, 3.8) is 0 Å². The molecule has 1 aromatic heterocycles. The molecule has 0 saturated carbocycles. The van der Waals surface area contributed by atoms with E-state index in [1.807, 2.05) is 24.3 Å². The number of carbonyl (C=O) groups excluding carboxylic acids is 2. The summed E-state index contributed by atoms with van der Waals surface area (Å²) in [6, 6.07) is 11.0. The first-order chi connectivity index (χ1) is 13.0. The summed E-state index contributed by atoms with van der Waals surface area (Å²) in [6.45, 7) is 1.61. The highest BCUT2D eigenvalue weighted by molar-refractivity contribution is 5.92. The van der Waals surface area contributed by atoms with Crippen LogP contribution in [0.4, 0.5) is 0 Å². The van der Waals surface area contributed by atoms with E-state index in [1.54, 1.807) is 36.1 Å². The number of carbonyl (C=O) groups is 2. The van der Waals surface area contributed by atoms with Crippen molar-refractivity contribution < 1.29 is 23.5 Å². The van der Waals surface area contributed by atoms with Crippen LogP contribution in [0.15, 0.2) is 40.8 Å². The lowest BCUT2D eigenvalue weighted by molar-refractivity contribution is -0.158. The Morgan fingerprint density at radius 2 is 2.07 bits per heavy atom. The monoisotopic (exact) mass is 370 g/mol. The minimum atomic E-state index is -0.472. The highest BCUT2D eigenvalue weighted by Crippen LogP contribution is 2.31. The maximum atomic E-state index is 12.9. The van der Waals surface area contributed by atoms with Gasteiger partial charge in [0, 0.05) is 19.2 Å². The molecule has 0 bridgehead atoms. The van der Waals surface area contributed by atoms with Gasteiger partial charge in [-0.1, -0.05) is 12.1 Å². The lowest BCUT2D eigenvalue weighted by Gasteiger charge is -2.38. The van der Waals surface area contributed by atoms with Crippen LogP contribution >= 0.6 is 0 Å². The van der Waals surface area contributed by atoms with Crippen molar-refractivity contribution in [2.45, 2.75) is 12.0 Å². The van der Waals surface area contributed by atoms with Crippen LogP contribution in [-0.4, -0.2) is 67.6 Å². The Balaban J connectivity index is 1.48. The molecule has 142 valence electrons. The number of hydrogen-bond acceptors (Lipinski definition) is 5. The molecular weight excluding hydrogens is 348 g/mol. The molecular formula is C20H22N2O5. The molecule has 0 radical (unpaired) electrons. The molecule has 2 fully saturated rings. The van der Waals surface area contributed by atoms with Crippen LogP contribution in [0.25, 0.3) is 11.3 Å². The lowest BCUT2D eigenvalue weighted by Crippen LogP contribution is -2.54. The Hall–Kier alpha value is -2.80. The fourth-order valence-electron chi connectivity index (χ4n) is 3.70. The first kappa shape index (κ1) is 17.6. The summed E-state index contributed by atoms with van der Waals surface area (Å²) in [5.41, 5.74) is 0.377. The summed E-state index contributed by atoms with van der Waals surface area (Å²) in [5, 5.41) is 0. The summed E-state index contributed by atoms with van der Waals surface area (Å²) >= 11 is 0. The van der Waals surface area contributed by atoms with Crippen LogP contribution in [0.3, 0.4) is 0 Å². The number of furan rings is 1. The van der Waals surface area contributed by atoms with Gasteiger partial charge in [-0.3, -0.25) is 9.59 Å². The molecule has 1 atom stereocenters. The highest BCUT2D eigenvalue weighted by atomic mass is 16.5. The third kappa shape index (κ3) is 3.30. The van der Waals surface area contributed by atoms with Gasteiger partial charge < -0.3 is 23.7 Å². The van der Waals surface area contributed by atoms with Crippen LogP contribution in [0.5, 0.6) is 5.75 Å². The van der Waals surface area contributed by atoms with Gasteiger partial charge in [-0.2, -0.15) is 0 Å². The van der Waals surface area contributed by atoms with Gasteiger partial charge in [0.2, 0.25) is 5.91 Å². The number of hydrogen-bond donors (Lipinski definition) is 0. The second-order valence-electron chi connectivity index (χ2n) is 7.09. The Bertz CT molecular complexity index is 877. The maximum absolute atomic E-state index is 12.9. The van der Waals surface area contributed by atoms with Crippen molar-refractivity contribution in [3.8, 4) is 17.1 Å². The fraction of sp³-hybridized carbons (Fsp3) is 0.400. The van der Waals surface area contributed by atoms with Gasteiger partial charge in [0.1, 0.15) is 23.7 Å². The van der Waals surface area contributed by atoms with Crippen molar-refractivity contribution in [2.75, 3.05) is 40.4 Å². The Kier molecular flexibility index (Phi) is 4.39. The molecule has 0 unspecified atom stereocenters. The second kappa shape index (κ2) is 6.74. The van der Waals surface area contributed by atoms with E-state index in [9.17, 15) is 9.59 Å². The molecule has 2 aliphatic heterocycles. The molecule has 3 heterocycles. The molecule has 27 heavy (non-hydrogen) atoms. The number of ether oxygens (including phenoxy) is 2. The number of morpholine rings is 1. The molecule has 0 N–H and O–H groups in total. The van der Waals surface area contributed by atoms with Crippen LogP contribution < -0.4 is 4.74 Å². The number of nitrogens with zero attached hydrogens (tertiary/aromatic N) is 2. The maximum Gasteiger partial charge on any atom is 0.289 e. The molecule has 4 rings (SSSR count).